The van der Waals surface area contributed by atoms with Crippen molar-refractivity contribution in [3.63, 3.8) is 0 Å². The van der Waals surface area contributed by atoms with Crippen molar-refractivity contribution in [2.75, 3.05) is 26.8 Å². The highest BCUT2D eigenvalue weighted by molar-refractivity contribution is 5.83. The zero-order valence-corrected chi connectivity index (χ0v) is 13.5. The Labute approximate surface area is 138 Å². The van der Waals surface area contributed by atoms with Crippen LogP contribution in [0.5, 0.6) is 0 Å². The number of hydrogen-bond donors (Lipinski definition) is 1. The van der Waals surface area contributed by atoms with Crippen molar-refractivity contribution < 1.29 is 19.4 Å². The summed E-state index contributed by atoms with van der Waals surface area (Å²) in [5.41, 5.74) is 0.783. The molecule has 0 bridgehead atoms. The molecule has 0 aliphatic rings. The standard InChI is InChI=1S/C15H19N5O4/c1-11(15(23)19(8-9-24-2)10-13(21)22)20-17-14(16-18-20)12-6-4-3-5-7-12/h3-7,11H,8-10H2,1-2H3,(H,21,22). The van der Waals surface area contributed by atoms with Gasteiger partial charge < -0.3 is 14.7 Å². The molecule has 1 unspecified atom stereocenters. The van der Waals surface area contributed by atoms with Crippen LogP contribution >= 0.6 is 0 Å². The smallest absolute Gasteiger partial charge is 0.323 e. The molecule has 9 heteroatoms. The summed E-state index contributed by atoms with van der Waals surface area (Å²) in [6.45, 7) is 1.60. The molecule has 1 aromatic heterocycles. The molecule has 1 atom stereocenters. The summed E-state index contributed by atoms with van der Waals surface area (Å²) in [5.74, 6) is -1.11. The van der Waals surface area contributed by atoms with Gasteiger partial charge in [-0.25, -0.2) is 0 Å². The zero-order chi connectivity index (χ0) is 17.5. The minimum Gasteiger partial charge on any atom is -0.480 e. The Balaban J connectivity index is 2.14. The van der Waals surface area contributed by atoms with Gasteiger partial charge in [-0.3, -0.25) is 9.59 Å². The van der Waals surface area contributed by atoms with E-state index in [0.717, 1.165) is 5.56 Å². The monoisotopic (exact) mass is 333 g/mol. The number of carboxylic acid groups (broad SMARTS) is 1. The first kappa shape index (κ1) is 17.5. The number of rotatable bonds is 8. The van der Waals surface area contributed by atoms with Gasteiger partial charge in [-0.15, -0.1) is 10.2 Å². The molecule has 1 N–H and O–H groups in total. The summed E-state index contributed by atoms with van der Waals surface area (Å²) in [4.78, 5) is 25.8. The first-order valence-electron chi connectivity index (χ1n) is 7.37. The summed E-state index contributed by atoms with van der Waals surface area (Å²) in [7, 11) is 1.48. The van der Waals surface area contributed by atoms with Crippen molar-refractivity contribution in [1.82, 2.24) is 25.1 Å². The van der Waals surface area contributed by atoms with Crippen molar-refractivity contribution in [3.05, 3.63) is 30.3 Å². The Morgan fingerprint density at radius 3 is 2.67 bits per heavy atom. The molecule has 24 heavy (non-hydrogen) atoms. The molecule has 0 spiro atoms. The lowest BCUT2D eigenvalue weighted by atomic mass is 10.2. The Kier molecular flexibility index (Phi) is 5.96. The number of carbonyl (C=O) groups is 2. The predicted molar refractivity (Wildman–Crippen MR) is 84.1 cm³/mol. The van der Waals surface area contributed by atoms with E-state index < -0.39 is 24.5 Å². The summed E-state index contributed by atoms with van der Waals surface area (Å²) in [6, 6.07) is 8.48. The largest absolute Gasteiger partial charge is 0.480 e. The van der Waals surface area contributed by atoms with Crippen LogP contribution < -0.4 is 0 Å². The molecule has 9 nitrogen and oxygen atoms in total. The van der Waals surface area contributed by atoms with Crippen LogP contribution in [0.15, 0.2) is 30.3 Å². The van der Waals surface area contributed by atoms with Crippen molar-refractivity contribution in [2.24, 2.45) is 0 Å². The summed E-state index contributed by atoms with van der Waals surface area (Å²) in [6.07, 6.45) is 0. The second-order valence-electron chi connectivity index (χ2n) is 5.12. The molecule has 0 radical (unpaired) electrons. The Hall–Kier alpha value is -2.81. The van der Waals surface area contributed by atoms with Gasteiger partial charge in [0, 0.05) is 19.2 Å². The third-order valence-corrected chi connectivity index (χ3v) is 3.37. The van der Waals surface area contributed by atoms with Crippen molar-refractivity contribution in [3.8, 4) is 11.4 Å². The number of hydrogen-bond acceptors (Lipinski definition) is 6. The number of ether oxygens (including phenoxy) is 1. The quantitative estimate of drug-likeness (QED) is 0.747. The fraction of sp³-hybridized carbons (Fsp3) is 0.400. The van der Waals surface area contributed by atoms with Gasteiger partial charge in [0.15, 0.2) is 0 Å². The number of nitrogens with zero attached hydrogens (tertiary/aromatic N) is 5. The van der Waals surface area contributed by atoms with Crippen LogP contribution in [0.25, 0.3) is 11.4 Å². The molecular weight excluding hydrogens is 314 g/mol. The van der Waals surface area contributed by atoms with Gasteiger partial charge in [0.2, 0.25) is 11.7 Å². The molecule has 1 aromatic carbocycles. The lowest BCUT2D eigenvalue weighted by molar-refractivity contribution is -0.146. The maximum absolute atomic E-state index is 12.5. The van der Waals surface area contributed by atoms with Gasteiger partial charge in [0.05, 0.1) is 6.61 Å². The van der Waals surface area contributed by atoms with E-state index in [2.05, 4.69) is 15.4 Å². The van der Waals surface area contributed by atoms with Crippen LogP contribution in [-0.2, 0) is 14.3 Å². The molecule has 2 aromatic rings. The number of aliphatic carboxylic acids is 1. The minimum atomic E-state index is -1.09. The van der Waals surface area contributed by atoms with Gasteiger partial charge in [-0.05, 0) is 12.1 Å². The van der Waals surface area contributed by atoms with Gasteiger partial charge in [0.25, 0.3) is 0 Å². The predicted octanol–water partition coefficient (Wildman–Crippen LogP) is 0.461. The summed E-state index contributed by atoms with van der Waals surface area (Å²) < 4.78 is 4.91. The third kappa shape index (κ3) is 4.35. The molecule has 0 aliphatic heterocycles. The lowest BCUT2D eigenvalue weighted by Gasteiger charge is -2.23. The highest BCUT2D eigenvalue weighted by Crippen LogP contribution is 2.14. The number of aromatic nitrogens is 4. The first-order chi connectivity index (χ1) is 11.5. The van der Waals surface area contributed by atoms with Crippen LogP contribution in [0.4, 0.5) is 0 Å². The van der Waals surface area contributed by atoms with Gasteiger partial charge in [-0.1, -0.05) is 30.3 Å². The maximum Gasteiger partial charge on any atom is 0.323 e. The normalized spacial score (nSPS) is 11.9. The van der Waals surface area contributed by atoms with Gasteiger partial charge in [0.1, 0.15) is 12.6 Å². The van der Waals surface area contributed by atoms with E-state index in [1.54, 1.807) is 6.92 Å². The highest BCUT2D eigenvalue weighted by atomic mass is 16.5. The number of benzene rings is 1. The van der Waals surface area contributed by atoms with E-state index in [-0.39, 0.29) is 13.2 Å². The number of carbonyl (C=O) groups excluding carboxylic acids is 1. The van der Waals surface area contributed by atoms with E-state index >= 15 is 0 Å². The zero-order valence-electron chi connectivity index (χ0n) is 13.5. The fourth-order valence-electron chi connectivity index (χ4n) is 2.09. The van der Waals surface area contributed by atoms with Crippen LogP contribution in [-0.4, -0.2) is 68.9 Å². The number of tetrazole rings is 1. The van der Waals surface area contributed by atoms with Crippen LogP contribution in [0, 0.1) is 0 Å². The topological polar surface area (TPSA) is 110 Å². The Morgan fingerprint density at radius 1 is 1.33 bits per heavy atom. The Morgan fingerprint density at radius 2 is 2.04 bits per heavy atom. The molecule has 1 heterocycles. The number of amides is 1. The fourth-order valence-corrected chi connectivity index (χ4v) is 2.09. The van der Waals surface area contributed by atoms with Crippen LogP contribution in [0.1, 0.15) is 13.0 Å². The highest BCUT2D eigenvalue weighted by Gasteiger charge is 2.25. The molecule has 128 valence electrons. The number of methoxy groups -OCH3 is 1. The molecular formula is C15H19N5O4. The minimum absolute atomic E-state index is 0.173. The molecule has 0 saturated heterocycles. The average molecular weight is 333 g/mol. The van der Waals surface area contributed by atoms with E-state index in [0.29, 0.717) is 5.82 Å². The second kappa shape index (κ2) is 8.16. The average Bonchev–Trinajstić information content (AvgIpc) is 3.08. The molecule has 0 aliphatic carbocycles. The molecule has 0 fully saturated rings. The molecule has 1 amide bonds. The SMILES string of the molecule is COCCN(CC(=O)O)C(=O)C(C)n1nnc(-c2ccccc2)n1. The lowest BCUT2D eigenvalue weighted by Crippen LogP contribution is -2.42. The van der Waals surface area contributed by atoms with Crippen LogP contribution in [0.2, 0.25) is 0 Å². The maximum atomic E-state index is 12.5. The Bertz CT molecular complexity index is 688. The summed E-state index contributed by atoms with van der Waals surface area (Å²) >= 11 is 0. The molecule has 0 saturated carbocycles. The van der Waals surface area contributed by atoms with Crippen molar-refractivity contribution in [2.45, 2.75) is 13.0 Å². The van der Waals surface area contributed by atoms with E-state index in [4.69, 9.17) is 9.84 Å². The van der Waals surface area contributed by atoms with E-state index in [1.807, 2.05) is 30.3 Å². The van der Waals surface area contributed by atoms with Gasteiger partial charge >= 0.3 is 5.97 Å². The van der Waals surface area contributed by atoms with Crippen molar-refractivity contribution >= 4 is 11.9 Å². The van der Waals surface area contributed by atoms with Crippen molar-refractivity contribution in [1.29, 1.82) is 0 Å². The second-order valence-corrected chi connectivity index (χ2v) is 5.12. The van der Waals surface area contributed by atoms with E-state index in [1.165, 1.54) is 16.8 Å². The van der Waals surface area contributed by atoms with Crippen LogP contribution in [0.3, 0.4) is 0 Å². The summed E-state index contributed by atoms with van der Waals surface area (Å²) in [5, 5.41) is 21.0. The van der Waals surface area contributed by atoms with E-state index in [9.17, 15) is 9.59 Å². The third-order valence-electron chi connectivity index (χ3n) is 3.37. The number of carboxylic acids is 1. The first-order valence-corrected chi connectivity index (χ1v) is 7.37. The molecule has 2 rings (SSSR count). The van der Waals surface area contributed by atoms with Gasteiger partial charge in [-0.2, -0.15) is 4.80 Å².